The summed E-state index contributed by atoms with van der Waals surface area (Å²) in [7, 11) is 0. The average molecular weight is 286 g/mol. The molecule has 0 atom stereocenters. The van der Waals surface area contributed by atoms with Gasteiger partial charge in [-0.3, -0.25) is 0 Å². The Balaban J connectivity index is 2.00. The van der Waals surface area contributed by atoms with Crippen LogP contribution in [-0.4, -0.2) is 27.5 Å². The molecule has 1 aromatic heterocycles. The van der Waals surface area contributed by atoms with Crippen LogP contribution in [0.3, 0.4) is 0 Å². The van der Waals surface area contributed by atoms with Crippen LogP contribution in [0.2, 0.25) is 5.15 Å². The monoisotopic (exact) mass is 285 g/mol. The van der Waals surface area contributed by atoms with E-state index in [2.05, 4.69) is 21.5 Å². The van der Waals surface area contributed by atoms with Gasteiger partial charge >= 0.3 is 0 Å². The number of thioether (sulfide) groups is 1. The maximum atomic E-state index is 6.14. The highest BCUT2D eigenvalue weighted by Crippen LogP contribution is 2.29. The molecule has 1 aliphatic rings. The number of hydrogen-bond donors (Lipinski definition) is 1. The lowest BCUT2D eigenvalue weighted by molar-refractivity contribution is 0.472. The van der Waals surface area contributed by atoms with Crippen LogP contribution in [-0.2, 0) is 0 Å². The highest BCUT2D eigenvalue weighted by atomic mass is 35.5. The Morgan fingerprint density at radius 1 is 1.11 bits per heavy atom. The lowest BCUT2D eigenvalue weighted by Gasteiger charge is -2.28. The Morgan fingerprint density at radius 3 is 2.33 bits per heavy atom. The second-order valence-corrected chi connectivity index (χ2v) is 6.38. The van der Waals surface area contributed by atoms with Gasteiger partial charge in [0, 0.05) is 11.3 Å². The van der Waals surface area contributed by atoms with E-state index < -0.39 is 0 Å². The highest BCUT2D eigenvalue weighted by Gasteiger charge is 2.21. The Labute approximate surface area is 118 Å². The van der Waals surface area contributed by atoms with E-state index in [1.54, 1.807) is 0 Å². The van der Waals surface area contributed by atoms with Crippen molar-refractivity contribution in [3.05, 3.63) is 16.5 Å². The van der Waals surface area contributed by atoms with Gasteiger partial charge in [0.25, 0.3) is 0 Å². The molecule has 1 aliphatic carbocycles. The summed E-state index contributed by atoms with van der Waals surface area (Å²) >= 11 is 8.12. The molecule has 1 saturated carbocycles. The molecule has 0 bridgehead atoms. The van der Waals surface area contributed by atoms with Gasteiger partial charge in [0.15, 0.2) is 11.0 Å². The van der Waals surface area contributed by atoms with Crippen molar-refractivity contribution in [2.45, 2.75) is 50.8 Å². The molecule has 1 heterocycles. The molecular weight excluding hydrogens is 266 g/mol. The summed E-state index contributed by atoms with van der Waals surface area (Å²) in [4.78, 5) is 8.80. The Kier molecular flexibility index (Phi) is 4.73. The predicted octanol–water partition coefficient (Wildman–Crippen LogP) is 3.83. The first-order valence-electron chi connectivity index (χ1n) is 6.40. The van der Waals surface area contributed by atoms with Crippen molar-refractivity contribution in [1.82, 2.24) is 9.97 Å². The summed E-state index contributed by atoms with van der Waals surface area (Å²) < 4.78 is 0. The first-order valence-corrected chi connectivity index (χ1v) is 8.06. The smallest absolute Gasteiger partial charge is 0.171 e. The zero-order valence-corrected chi connectivity index (χ0v) is 12.7. The predicted molar refractivity (Wildman–Crippen MR) is 79.7 cm³/mol. The van der Waals surface area contributed by atoms with Gasteiger partial charge in [-0.05, 0) is 45.8 Å². The number of rotatable bonds is 3. The van der Waals surface area contributed by atoms with Crippen molar-refractivity contribution < 1.29 is 0 Å². The summed E-state index contributed by atoms with van der Waals surface area (Å²) in [5.74, 6) is 0.743. The van der Waals surface area contributed by atoms with E-state index in [9.17, 15) is 0 Å². The highest BCUT2D eigenvalue weighted by molar-refractivity contribution is 7.99. The molecule has 0 spiro atoms. The summed E-state index contributed by atoms with van der Waals surface area (Å²) in [6, 6.07) is 0.488. The minimum absolute atomic E-state index is 0.488. The van der Waals surface area contributed by atoms with Crippen LogP contribution in [0.25, 0.3) is 0 Å². The number of aromatic nitrogens is 2. The van der Waals surface area contributed by atoms with Crippen molar-refractivity contribution in [3.63, 3.8) is 0 Å². The Hall–Kier alpha value is -0.480. The quantitative estimate of drug-likeness (QED) is 0.916. The van der Waals surface area contributed by atoms with E-state index in [1.807, 2.05) is 25.6 Å². The molecule has 100 valence electrons. The van der Waals surface area contributed by atoms with Crippen molar-refractivity contribution in [1.29, 1.82) is 0 Å². The van der Waals surface area contributed by atoms with Crippen molar-refractivity contribution in [3.8, 4) is 0 Å². The number of hydrogen-bond acceptors (Lipinski definition) is 4. The van der Waals surface area contributed by atoms with Crippen LogP contribution in [0.15, 0.2) is 0 Å². The lowest BCUT2D eigenvalue weighted by atomic mass is 9.95. The van der Waals surface area contributed by atoms with Crippen LogP contribution < -0.4 is 5.32 Å². The second-order valence-electron chi connectivity index (χ2n) is 4.89. The summed E-state index contributed by atoms with van der Waals surface area (Å²) in [6.45, 7) is 3.90. The molecule has 5 heteroatoms. The molecule has 0 amide bonds. The fourth-order valence-electron chi connectivity index (χ4n) is 2.30. The third-order valence-corrected chi connectivity index (χ3v) is 5.01. The van der Waals surface area contributed by atoms with Crippen molar-refractivity contribution in [2.24, 2.45) is 0 Å². The molecule has 1 fully saturated rings. The summed E-state index contributed by atoms with van der Waals surface area (Å²) in [6.07, 6.45) is 7.13. The minimum Gasteiger partial charge on any atom is -0.365 e. The first-order chi connectivity index (χ1) is 8.60. The third kappa shape index (κ3) is 3.29. The van der Waals surface area contributed by atoms with Gasteiger partial charge in [0.05, 0.1) is 11.4 Å². The molecule has 0 aliphatic heterocycles. The first kappa shape index (κ1) is 13.9. The maximum Gasteiger partial charge on any atom is 0.171 e. The molecule has 0 saturated heterocycles. The molecule has 0 unspecified atom stereocenters. The minimum atomic E-state index is 0.488. The number of aryl methyl sites for hydroxylation is 2. The summed E-state index contributed by atoms with van der Waals surface area (Å²) in [5.41, 5.74) is 1.84. The second kappa shape index (κ2) is 6.11. The molecule has 18 heavy (non-hydrogen) atoms. The van der Waals surface area contributed by atoms with E-state index in [0.717, 1.165) is 22.5 Å². The number of nitrogens with one attached hydrogen (secondary N) is 1. The zero-order valence-electron chi connectivity index (χ0n) is 11.2. The maximum absolute atomic E-state index is 6.14. The number of anilines is 1. The lowest BCUT2D eigenvalue weighted by Crippen LogP contribution is -2.27. The van der Waals surface area contributed by atoms with Gasteiger partial charge < -0.3 is 5.32 Å². The van der Waals surface area contributed by atoms with E-state index in [0.29, 0.717) is 11.2 Å². The van der Waals surface area contributed by atoms with Crippen LogP contribution in [0.4, 0.5) is 5.82 Å². The largest absolute Gasteiger partial charge is 0.365 e. The Morgan fingerprint density at radius 2 is 1.72 bits per heavy atom. The molecule has 1 aromatic rings. The van der Waals surface area contributed by atoms with Gasteiger partial charge in [-0.1, -0.05) is 11.6 Å². The molecule has 2 rings (SSSR count). The van der Waals surface area contributed by atoms with Crippen LogP contribution in [0, 0.1) is 13.8 Å². The molecule has 0 aromatic carbocycles. The normalized spacial score (nSPS) is 24.0. The number of nitrogens with zero attached hydrogens (tertiary/aromatic N) is 2. The number of halogens is 1. The average Bonchev–Trinajstić information content (AvgIpc) is 2.37. The fraction of sp³-hybridized carbons (Fsp3) is 0.692. The van der Waals surface area contributed by atoms with E-state index in [1.165, 1.54) is 25.7 Å². The van der Waals surface area contributed by atoms with Crippen molar-refractivity contribution in [2.75, 3.05) is 11.6 Å². The van der Waals surface area contributed by atoms with Gasteiger partial charge in [-0.2, -0.15) is 11.8 Å². The summed E-state index contributed by atoms with van der Waals surface area (Å²) in [5, 5.41) is 4.76. The third-order valence-electron chi connectivity index (χ3n) is 3.61. The molecular formula is C13H20ClN3S. The van der Waals surface area contributed by atoms with Crippen LogP contribution in [0.5, 0.6) is 0 Å². The van der Waals surface area contributed by atoms with Crippen LogP contribution >= 0.6 is 23.4 Å². The molecule has 3 nitrogen and oxygen atoms in total. The van der Waals surface area contributed by atoms with E-state index in [-0.39, 0.29) is 0 Å². The Bertz CT molecular complexity index is 417. The van der Waals surface area contributed by atoms with Gasteiger partial charge in [-0.25, -0.2) is 9.97 Å². The van der Waals surface area contributed by atoms with E-state index in [4.69, 9.17) is 11.6 Å². The van der Waals surface area contributed by atoms with Gasteiger partial charge in [0.2, 0.25) is 0 Å². The van der Waals surface area contributed by atoms with Crippen molar-refractivity contribution >= 4 is 29.2 Å². The van der Waals surface area contributed by atoms with Crippen LogP contribution in [0.1, 0.15) is 37.1 Å². The zero-order chi connectivity index (χ0) is 13.1. The van der Waals surface area contributed by atoms with Gasteiger partial charge in [0.1, 0.15) is 0 Å². The SMILES string of the molecule is CSC1CCC(Nc2nc(C)c(C)nc2Cl)CC1. The molecule has 0 radical (unpaired) electrons. The topological polar surface area (TPSA) is 37.8 Å². The van der Waals surface area contributed by atoms with Gasteiger partial charge in [-0.15, -0.1) is 0 Å². The fourth-order valence-corrected chi connectivity index (χ4v) is 3.27. The standard InChI is InChI=1S/C13H20ClN3S/c1-8-9(2)16-13(12(14)15-8)17-10-4-6-11(18-3)7-5-10/h10-11H,4-7H2,1-3H3,(H,16,17). The molecule has 1 N–H and O–H groups in total. The van der Waals surface area contributed by atoms with E-state index >= 15 is 0 Å².